The lowest BCUT2D eigenvalue weighted by molar-refractivity contribution is -0.136. The number of nitrogens with zero attached hydrogens (tertiary/aromatic N) is 4. The Morgan fingerprint density at radius 3 is 2.22 bits per heavy atom. The van der Waals surface area contributed by atoms with Crippen LogP contribution >= 0.6 is 0 Å². The fourth-order valence-corrected chi connectivity index (χ4v) is 11.3. The predicted molar refractivity (Wildman–Crippen MR) is 215 cm³/mol. The highest BCUT2D eigenvalue weighted by atomic mass is 16.3. The van der Waals surface area contributed by atoms with Gasteiger partial charge in [0.2, 0.25) is 11.8 Å². The quantitative estimate of drug-likeness (QED) is 0.256. The molecule has 9 nitrogen and oxygen atoms in total. The van der Waals surface area contributed by atoms with Gasteiger partial charge in [-0.15, -0.1) is 0 Å². The first-order valence-corrected chi connectivity index (χ1v) is 21.1. The molecule has 4 heterocycles. The van der Waals surface area contributed by atoms with Crippen LogP contribution in [0.5, 0.6) is 5.75 Å². The molecule has 0 bridgehead atoms. The van der Waals surface area contributed by atoms with Crippen LogP contribution in [0.25, 0.3) is 0 Å². The number of nitrogens with one attached hydrogen (secondary N) is 1. The van der Waals surface area contributed by atoms with E-state index < -0.39 is 6.04 Å². The maximum Gasteiger partial charge on any atom is 0.255 e. The van der Waals surface area contributed by atoms with E-state index in [0.29, 0.717) is 36.1 Å². The summed E-state index contributed by atoms with van der Waals surface area (Å²) in [7, 11) is 0. The Labute approximate surface area is 326 Å². The van der Waals surface area contributed by atoms with Gasteiger partial charge in [0.05, 0.1) is 0 Å². The summed E-state index contributed by atoms with van der Waals surface area (Å²) in [6, 6.07) is 21.2. The summed E-state index contributed by atoms with van der Waals surface area (Å²) in [5.74, 6) is 1.46. The lowest BCUT2D eigenvalue weighted by atomic mass is 9.55. The fraction of sp³-hybridized carbons (Fsp3) is 0.543. The number of phenols is 1. The normalized spacial score (nSPS) is 26.9. The molecule has 3 aromatic carbocycles. The van der Waals surface area contributed by atoms with Crippen LogP contribution in [0.15, 0.2) is 60.7 Å². The Kier molecular flexibility index (Phi) is 9.86. The van der Waals surface area contributed by atoms with Crippen LogP contribution in [0, 0.1) is 17.3 Å². The topological polar surface area (TPSA) is 96.4 Å². The van der Waals surface area contributed by atoms with E-state index in [9.17, 15) is 19.5 Å². The van der Waals surface area contributed by atoms with Gasteiger partial charge in [0.1, 0.15) is 11.8 Å². The van der Waals surface area contributed by atoms with Crippen LogP contribution in [-0.2, 0) is 22.6 Å². The zero-order valence-corrected chi connectivity index (χ0v) is 32.5. The minimum atomic E-state index is -0.581. The number of fused-ring (bicyclic) bond motifs is 2. The van der Waals surface area contributed by atoms with E-state index in [1.807, 2.05) is 18.2 Å². The number of benzene rings is 3. The van der Waals surface area contributed by atoms with Crippen LogP contribution in [-0.4, -0.2) is 84.5 Å². The number of aromatic hydroxyl groups is 1. The number of aryl methyl sites for hydroxylation is 1. The van der Waals surface area contributed by atoms with Crippen molar-refractivity contribution in [3.63, 3.8) is 0 Å². The van der Waals surface area contributed by atoms with E-state index in [2.05, 4.69) is 69.4 Å². The minimum Gasteiger partial charge on any atom is -0.508 e. The summed E-state index contributed by atoms with van der Waals surface area (Å²) in [5.41, 5.74) is 8.53. The average molecular weight is 744 g/mol. The van der Waals surface area contributed by atoms with Gasteiger partial charge in [-0.05, 0) is 127 Å². The molecule has 2 aliphatic carbocycles. The highest BCUT2D eigenvalue weighted by molar-refractivity contribution is 6.05. The van der Waals surface area contributed by atoms with E-state index in [1.165, 1.54) is 73.7 Å². The number of hydrogen-bond acceptors (Lipinski definition) is 7. The van der Waals surface area contributed by atoms with Crippen molar-refractivity contribution in [1.29, 1.82) is 0 Å². The molecule has 0 aromatic heterocycles. The molecule has 3 atom stereocenters. The van der Waals surface area contributed by atoms with E-state index >= 15 is 0 Å². The Morgan fingerprint density at radius 1 is 0.745 bits per heavy atom. The molecule has 3 aromatic rings. The molecule has 9 heteroatoms. The van der Waals surface area contributed by atoms with Crippen LogP contribution in [0.3, 0.4) is 0 Å². The molecular weight excluding hydrogens is 687 g/mol. The Balaban J connectivity index is 0.783. The van der Waals surface area contributed by atoms with Crippen molar-refractivity contribution in [1.82, 2.24) is 15.1 Å². The monoisotopic (exact) mass is 743 g/mol. The van der Waals surface area contributed by atoms with Crippen molar-refractivity contribution in [2.24, 2.45) is 17.3 Å². The van der Waals surface area contributed by atoms with Gasteiger partial charge < -0.3 is 19.8 Å². The van der Waals surface area contributed by atoms with Crippen LogP contribution < -0.4 is 15.1 Å². The lowest BCUT2D eigenvalue weighted by Crippen LogP contribution is -2.52. The first-order valence-electron chi connectivity index (χ1n) is 21.1. The number of carbonyl (C=O) groups is 3. The predicted octanol–water partition coefficient (Wildman–Crippen LogP) is 6.86. The summed E-state index contributed by atoms with van der Waals surface area (Å²) < 4.78 is 0. The smallest absolute Gasteiger partial charge is 0.255 e. The summed E-state index contributed by atoms with van der Waals surface area (Å²) in [4.78, 5) is 46.6. The van der Waals surface area contributed by atoms with Crippen molar-refractivity contribution in [3.05, 3.63) is 88.5 Å². The van der Waals surface area contributed by atoms with Crippen molar-refractivity contribution in [2.75, 3.05) is 55.6 Å². The maximum atomic E-state index is 13.2. The molecule has 6 aliphatic rings. The molecule has 3 saturated heterocycles. The molecule has 9 rings (SSSR count). The first kappa shape index (κ1) is 36.3. The van der Waals surface area contributed by atoms with E-state index in [0.717, 1.165) is 69.4 Å². The molecule has 3 amide bonds. The molecule has 55 heavy (non-hydrogen) atoms. The SMILES string of the molecule is C[C@]1(C2CCCCC2)CCc2cc(O)ccc2[C@H]1c1ccc(N2CCC(CN3CCN(c4ccc5c(c4)CN([C@H]4CCC(=O)NC4=O)C5=O)CC3)CC2)cc1. The minimum absolute atomic E-state index is 0.116. The van der Waals surface area contributed by atoms with Gasteiger partial charge in [0.15, 0.2) is 0 Å². The number of phenolic OH excluding ortho intramolecular Hbond substituents is 1. The largest absolute Gasteiger partial charge is 0.508 e. The number of piperazine rings is 1. The van der Waals surface area contributed by atoms with Crippen molar-refractivity contribution in [3.8, 4) is 5.75 Å². The number of amides is 3. The second-order valence-corrected chi connectivity index (χ2v) is 17.7. The molecule has 2 N–H and O–H groups in total. The molecule has 0 unspecified atom stereocenters. The second-order valence-electron chi connectivity index (χ2n) is 17.7. The van der Waals surface area contributed by atoms with Gasteiger partial charge in [0, 0.05) is 81.6 Å². The average Bonchev–Trinajstić information content (AvgIpc) is 3.53. The highest BCUT2D eigenvalue weighted by Gasteiger charge is 2.46. The maximum absolute atomic E-state index is 13.2. The van der Waals surface area contributed by atoms with Gasteiger partial charge in [-0.3, -0.25) is 24.6 Å². The Bertz CT molecular complexity index is 1920. The number of imide groups is 1. The zero-order chi connectivity index (χ0) is 37.7. The second kappa shape index (κ2) is 14.9. The highest BCUT2D eigenvalue weighted by Crippen LogP contribution is 2.56. The first-order chi connectivity index (χ1) is 26.7. The number of piperidine rings is 2. The third-order valence-corrected chi connectivity index (χ3v) is 14.5. The molecule has 0 radical (unpaired) electrons. The molecule has 0 spiro atoms. The molecule has 4 fully saturated rings. The van der Waals surface area contributed by atoms with Gasteiger partial charge >= 0.3 is 0 Å². The van der Waals surface area contributed by atoms with Crippen molar-refractivity contribution >= 4 is 29.1 Å². The van der Waals surface area contributed by atoms with Gasteiger partial charge in [-0.1, -0.05) is 44.4 Å². The summed E-state index contributed by atoms with van der Waals surface area (Å²) in [6.45, 7) is 10.3. The third-order valence-electron chi connectivity index (χ3n) is 14.5. The molecule has 290 valence electrons. The Hall–Kier alpha value is -4.37. The van der Waals surface area contributed by atoms with Crippen molar-refractivity contribution in [2.45, 2.75) is 96.1 Å². The number of anilines is 2. The standard InChI is InChI=1S/C46H57N5O4/c1-46(35-5-3-2-4-6-35)20-17-33-28-38(52)12-14-39(33)43(46)32-7-9-36(10-8-32)49-21-18-31(19-22-49)29-48-23-25-50(26-24-48)37-11-13-40-34(27-37)30-51(45(40)55)41-15-16-42(53)47-44(41)54/h7-14,27-28,31,35,41,43,52H,2-6,15-26,29-30H2,1H3,(H,47,53,54)/t41-,43+,46+/m0/s1. The van der Waals surface area contributed by atoms with Gasteiger partial charge in [0.25, 0.3) is 5.91 Å². The summed E-state index contributed by atoms with van der Waals surface area (Å²) in [5, 5.41) is 12.7. The van der Waals surface area contributed by atoms with Crippen LogP contribution in [0.1, 0.15) is 110 Å². The lowest BCUT2D eigenvalue weighted by Gasteiger charge is -2.49. The fourth-order valence-electron chi connectivity index (χ4n) is 11.3. The van der Waals surface area contributed by atoms with Crippen molar-refractivity contribution < 1.29 is 19.5 Å². The van der Waals surface area contributed by atoms with E-state index in [4.69, 9.17) is 0 Å². The van der Waals surface area contributed by atoms with E-state index in [1.54, 1.807) is 4.90 Å². The zero-order valence-electron chi connectivity index (χ0n) is 32.5. The number of rotatable bonds is 7. The van der Waals surface area contributed by atoms with Gasteiger partial charge in [-0.2, -0.15) is 0 Å². The van der Waals surface area contributed by atoms with Crippen LogP contribution in [0.2, 0.25) is 0 Å². The Morgan fingerprint density at radius 2 is 1.47 bits per heavy atom. The molecular formula is C46H57N5O4. The summed E-state index contributed by atoms with van der Waals surface area (Å²) >= 11 is 0. The summed E-state index contributed by atoms with van der Waals surface area (Å²) in [6.07, 6.45) is 12.1. The molecule has 4 aliphatic heterocycles. The number of carbonyl (C=O) groups excluding carboxylic acids is 3. The molecule has 1 saturated carbocycles. The van der Waals surface area contributed by atoms with Crippen LogP contribution in [0.4, 0.5) is 11.4 Å². The number of hydrogen-bond donors (Lipinski definition) is 2. The van der Waals surface area contributed by atoms with Gasteiger partial charge in [-0.25, -0.2) is 0 Å². The van der Waals surface area contributed by atoms with E-state index in [-0.39, 0.29) is 29.6 Å². The third kappa shape index (κ3) is 7.02.